The number of amides is 1. The lowest BCUT2D eigenvalue weighted by atomic mass is 10.1. The molecule has 0 saturated heterocycles. The zero-order chi connectivity index (χ0) is 14.8. The van der Waals surface area contributed by atoms with Crippen LogP contribution >= 0.6 is 0 Å². The van der Waals surface area contributed by atoms with Gasteiger partial charge in [0.25, 0.3) is 5.91 Å². The van der Waals surface area contributed by atoms with E-state index in [9.17, 15) is 9.59 Å². The molecule has 4 heteroatoms. The summed E-state index contributed by atoms with van der Waals surface area (Å²) in [4.78, 5) is 26.2. The van der Waals surface area contributed by atoms with Gasteiger partial charge in [0.2, 0.25) is 0 Å². The molecule has 0 aromatic heterocycles. The van der Waals surface area contributed by atoms with Crippen molar-refractivity contribution in [3.8, 4) is 0 Å². The number of esters is 1. The lowest BCUT2D eigenvalue weighted by Crippen LogP contribution is -2.37. The minimum Gasteiger partial charge on any atom is -0.449 e. The Kier molecular flexibility index (Phi) is 3.44. The lowest BCUT2D eigenvalue weighted by molar-refractivity contribution is -0.126. The van der Waals surface area contributed by atoms with Crippen LogP contribution in [0, 0.1) is 0 Å². The molecular weight excluding hydrogens is 266 g/mol. The fourth-order valence-corrected chi connectivity index (χ4v) is 2.42. The number of ether oxygens (including phenoxy) is 1. The molecule has 0 radical (unpaired) electrons. The fourth-order valence-electron chi connectivity index (χ4n) is 2.42. The molecule has 1 amide bonds. The van der Waals surface area contributed by atoms with E-state index in [1.807, 2.05) is 36.4 Å². The second-order valence-electron chi connectivity index (χ2n) is 4.97. The highest BCUT2D eigenvalue weighted by molar-refractivity contribution is 6.07. The first kappa shape index (κ1) is 13.4. The van der Waals surface area contributed by atoms with Crippen molar-refractivity contribution in [3.63, 3.8) is 0 Å². The van der Waals surface area contributed by atoms with Gasteiger partial charge in [-0.25, -0.2) is 4.79 Å². The summed E-state index contributed by atoms with van der Waals surface area (Å²) in [5.41, 5.74) is 2.02. The molecule has 106 valence electrons. The van der Waals surface area contributed by atoms with Gasteiger partial charge in [-0.05, 0) is 24.6 Å². The average molecular weight is 281 g/mol. The molecule has 0 N–H and O–H groups in total. The van der Waals surface area contributed by atoms with Crippen molar-refractivity contribution in [3.05, 3.63) is 65.7 Å². The standard InChI is InChI=1S/C17H15NO3/c1-12-16(19)18(11-13-7-3-2-4-8-13)15-10-6-5-9-14(15)17(20)21-12/h2-10,12H,11H2,1H3. The summed E-state index contributed by atoms with van der Waals surface area (Å²) in [6.07, 6.45) is -0.784. The summed E-state index contributed by atoms with van der Waals surface area (Å²) in [6, 6.07) is 16.7. The largest absolute Gasteiger partial charge is 0.449 e. The Labute approximate surface area is 123 Å². The molecule has 2 aromatic rings. The normalized spacial score (nSPS) is 18.0. The van der Waals surface area contributed by atoms with Gasteiger partial charge in [0.15, 0.2) is 6.10 Å². The maximum Gasteiger partial charge on any atom is 0.341 e. The van der Waals surface area contributed by atoms with Gasteiger partial charge >= 0.3 is 5.97 Å². The van der Waals surface area contributed by atoms with Crippen LogP contribution in [0.25, 0.3) is 0 Å². The number of hydrogen-bond acceptors (Lipinski definition) is 3. The number of hydrogen-bond donors (Lipinski definition) is 0. The predicted molar refractivity (Wildman–Crippen MR) is 79.0 cm³/mol. The summed E-state index contributed by atoms with van der Waals surface area (Å²) in [5.74, 6) is -0.667. The van der Waals surface area contributed by atoms with E-state index in [0.29, 0.717) is 17.8 Å². The minimum atomic E-state index is -0.784. The first-order valence-corrected chi connectivity index (χ1v) is 6.82. The smallest absolute Gasteiger partial charge is 0.341 e. The van der Waals surface area contributed by atoms with Gasteiger partial charge in [0.05, 0.1) is 17.8 Å². The molecule has 0 fully saturated rings. The Balaban J connectivity index is 2.05. The molecule has 0 aliphatic carbocycles. The molecule has 0 bridgehead atoms. The molecule has 1 aliphatic rings. The van der Waals surface area contributed by atoms with Crippen molar-refractivity contribution in [2.45, 2.75) is 19.6 Å². The van der Waals surface area contributed by atoms with E-state index < -0.39 is 12.1 Å². The molecule has 1 aliphatic heterocycles. The van der Waals surface area contributed by atoms with Crippen molar-refractivity contribution in [2.24, 2.45) is 0 Å². The Hall–Kier alpha value is -2.62. The maximum absolute atomic E-state index is 12.5. The molecule has 3 rings (SSSR count). The molecule has 21 heavy (non-hydrogen) atoms. The number of fused-ring (bicyclic) bond motifs is 1. The van der Waals surface area contributed by atoms with Crippen LogP contribution in [0.3, 0.4) is 0 Å². The zero-order valence-corrected chi connectivity index (χ0v) is 11.7. The third kappa shape index (κ3) is 2.52. The van der Waals surface area contributed by atoms with Crippen LogP contribution in [-0.4, -0.2) is 18.0 Å². The quantitative estimate of drug-likeness (QED) is 0.795. The third-order valence-electron chi connectivity index (χ3n) is 3.50. The highest BCUT2D eigenvalue weighted by Crippen LogP contribution is 2.27. The summed E-state index contributed by atoms with van der Waals surface area (Å²) in [7, 11) is 0. The first-order valence-electron chi connectivity index (χ1n) is 6.82. The van der Waals surface area contributed by atoms with Crippen molar-refractivity contribution < 1.29 is 14.3 Å². The number of carbonyl (C=O) groups excluding carboxylic acids is 2. The molecule has 4 nitrogen and oxygen atoms in total. The first-order chi connectivity index (χ1) is 10.2. The second kappa shape index (κ2) is 5.40. The van der Waals surface area contributed by atoms with Crippen LogP contribution in [0.1, 0.15) is 22.8 Å². The summed E-state index contributed by atoms with van der Waals surface area (Å²) < 4.78 is 5.19. The molecular formula is C17H15NO3. The minimum absolute atomic E-state index is 0.211. The topological polar surface area (TPSA) is 46.6 Å². The van der Waals surface area contributed by atoms with Gasteiger partial charge in [-0.15, -0.1) is 0 Å². The van der Waals surface area contributed by atoms with E-state index >= 15 is 0 Å². The molecule has 0 spiro atoms. The second-order valence-corrected chi connectivity index (χ2v) is 4.97. The summed E-state index contributed by atoms with van der Waals surface area (Å²) >= 11 is 0. The van der Waals surface area contributed by atoms with E-state index in [1.165, 1.54) is 0 Å². The average Bonchev–Trinajstić information content (AvgIpc) is 2.60. The number of nitrogens with zero attached hydrogens (tertiary/aromatic N) is 1. The van der Waals surface area contributed by atoms with Crippen molar-refractivity contribution in [1.82, 2.24) is 0 Å². The zero-order valence-electron chi connectivity index (χ0n) is 11.7. The summed E-state index contributed by atoms with van der Waals surface area (Å²) in [5, 5.41) is 0. The van der Waals surface area contributed by atoms with Crippen LogP contribution in [0.4, 0.5) is 5.69 Å². The molecule has 1 atom stereocenters. The van der Waals surface area contributed by atoms with Crippen LogP contribution in [-0.2, 0) is 16.1 Å². The van der Waals surface area contributed by atoms with Crippen molar-refractivity contribution >= 4 is 17.6 Å². The van der Waals surface area contributed by atoms with E-state index in [4.69, 9.17) is 4.74 Å². The van der Waals surface area contributed by atoms with E-state index in [1.54, 1.807) is 30.0 Å². The third-order valence-corrected chi connectivity index (χ3v) is 3.50. The molecule has 1 unspecified atom stereocenters. The fraction of sp³-hybridized carbons (Fsp3) is 0.176. The maximum atomic E-state index is 12.5. The van der Waals surface area contributed by atoms with Crippen LogP contribution in [0.5, 0.6) is 0 Å². The van der Waals surface area contributed by atoms with Crippen LogP contribution in [0.15, 0.2) is 54.6 Å². The van der Waals surface area contributed by atoms with Gasteiger partial charge in [0, 0.05) is 0 Å². The Morgan fingerprint density at radius 3 is 2.43 bits per heavy atom. The van der Waals surface area contributed by atoms with Crippen LogP contribution < -0.4 is 4.90 Å². The molecule has 2 aromatic carbocycles. The van der Waals surface area contributed by atoms with Crippen molar-refractivity contribution in [1.29, 1.82) is 0 Å². The Morgan fingerprint density at radius 2 is 1.67 bits per heavy atom. The number of carbonyl (C=O) groups is 2. The SMILES string of the molecule is CC1OC(=O)c2ccccc2N(Cc2ccccc2)C1=O. The van der Waals surface area contributed by atoms with Gasteiger partial charge < -0.3 is 9.64 Å². The Bertz CT molecular complexity index is 681. The predicted octanol–water partition coefficient (Wildman–Crippen LogP) is 2.78. The number of anilines is 1. The number of rotatable bonds is 2. The van der Waals surface area contributed by atoms with Gasteiger partial charge in [-0.1, -0.05) is 42.5 Å². The van der Waals surface area contributed by atoms with Crippen molar-refractivity contribution in [2.75, 3.05) is 4.90 Å². The number of cyclic esters (lactones) is 1. The lowest BCUT2D eigenvalue weighted by Gasteiger charge is -2.23. The molecule has 1 heterocycles. The number of benzene rings is 2. The molecule has 0 saturated carbocycles. The van der Waals surface area contributed by atoms with Gasteiger partial charge in [-0.2, -0.15) is 0 Å². The van der Waals surface area contributed by atoms with E-state index in [2.05, 4.69) is 0 Å². The monoisotopic (exact) mass is 281 g/mol. The summed E-state index contributed by atoms with van der Waals surface area (Å²) in [6.45, 7) is 2.02. The number of para-hydroxylation sites is 1. The van der Waals surface area contributed by atoms with Gasteiger partial charge in [0.1, 0.15) is 0 Å². The van der Waals surface area contributed by atoms with Gasteiger partial charge in [-0.3, -0.25) is 4.79 Å². The van der Waals surface area contributed by atoms with E-state index in [-0.39, 0.29) is 5.91 Å². The van der Waals surface area contributed by atoms with Crippen LogP contribution in [0.2, 0.25) is 0 Å². The highest BCUT2D eigenvalue weighted by Gasteiger charge is 2.32. The Morgan fingerprint density at radius 1 is 1.00 bits per heavy atom. The highest BCUT2D eigenvalue weighted by atomic mass is 16.5. The van der Waals surface area contributed by atoms with E-state index in [0.717, 1.165) is 5.56 Å².